The lowest BCUT2D eigenvalue weighted by atomic mass is 10.1. The van der Waals surface area contributed by atoms with Crippen LogP contribution in [0.1, 0.15) is 49.6 Å². The zero-order valence-corrected chi connectivity index (χ0v) is 18.7. The Hall–Kier alpha value is -2.77. The van der Waals surface area contributed by atoms with E-state index in [1.165, 1.54) is 11.3 Å². The zero-order chi connectivity index (χ0) is 21.8. The number of hydrogen-bond acceptors (Lipinski definition) is 6. The van der Waals surface area contributed by atoms with Crippen molar-refractivity contribution in [3.63, 3.8) is 0 Å². The van der Waals surface area contributed by atoms with Gasteiger partial charge in [-0.3, -0.25) is 4.79 Å². The number of carbonyl (C=O) groups is 2. The van der Waals surface area contributed by atoms with Gasteiger partial charge in [0.2, 0.25) is 0 Å². The minimum atomic E-state index is -0.457. The number of nitrogens with one attached hydrogen (secondary N) is 1. The van der Waals surface area contributed by atoms with Gasteiger partial charge in [0.15, 0.2) is 5.76 Å². The van der Waals surface area contributed by atoms with Crippen LogP contribution < -0.4 is 10.1 Å². The number of thiophene rings is 1. The van der Waals surface area contributed by atoms with Crippen LogP contribution >= 0.6 is 22.9 Å². The highest BCUT2D eigenvalue weighted by Crippen LogP contribution is 2.33. The van der Waals surface area contributed by atoms with Crippen molar-refractivity contribution in [2.24, 2.45) is 0 Å². The molecule has 0 bridgehead atoms. The quantitative estimate of drug-likeness (QED) is 0.454. The van der Waals surface area contributed by atoms with Gasteiger partial charge >= 0.3 is 5.97 Å². The number of aryl methyl sites for hydroxylation is 2. The molecule has 6 nitrogen and oxygen atoms in total. The van der Waals surface area contributed by atoms with Gasteiger partial charge in [-0.2, -0.15) is 0 Å². The van der Waals surface area contributed by atoms with Crippen LogP contribution in [-0.2, 0) is 11.3 Å². The van der Waals surface area contributed by atoms with E-state index in [-0.39, 0.29) is 19.0 Å². The fourth-order valence-electron chi connectivity index (χ4n) is 2.83. The number of anilines is 1. The Balaban J connectivity index is 1.70. The molecule has 0 saturated carbocycles. The van der Waals surface area contributed by atoms with Crippen molar-refractivity contribution >= 4 is 39.8 Å². The molecule has 0 radical (unpaired) electrons. The van der Waals surface area contributed by atoms with Crippen molar-refractivity contribution in [3.05, 3.63) is 68.4 Å². The largest absolute Gasteiger partial charge is 0.485 e. The molecular weight excluding hydrogens is 426 g/mol. The Labute approximate surface area is 183 Å². The van der Waals surface area contributed by atoms with Crippen molar-refractivity contribution in [1.82, 2.24) is 0 Å². The molecule has 2 heterocycles. The van der Waals surface area contributed by atoms with Crippen LogP contribution in [0.3, 0.4) is 0 Å². The van der Waals surface area contributed by atoms with Gasteiger partial charge in [0, 0.05) is 9.90 Å². The van der Waals surface area contributed by atoms with E-state index in [0.29, 0.717) is 27.1 Å². The van der Waals surface area contributed by atoms with Gasteiger partial charge in [-0.25, -0.2) is 4.79 Å². The molecule has 1 aromatic carbocycles. The Morgan fingerprint density at radius 2 is 1.93 bits per heavy atom. The van der Waals surface area contributed by atoms with E-state index in [9.17, 15) is 9.59 Å². The van der Waals surface area contributed by atoms with Crippen LogP contribution in [-0.4, -0.2) is 18.5 Å². The van der Waals surface area contributed by atoms with Gasteiger partial charge in [0.25, 0.3) is 5.91 Å². The van der Waals surface area contributed by atoms with E-state index in [1.54, 1.807) is 31.2 Å². The van der Waals surface area contributed by atoms with Crippen LogP contribution in [0.5, 0.6) is 5.75 Å². The van der Waals surface area contributed by atoms with Crippen LogP contribution in [0.25, 0.3) is 0 Å². The maximum Gasteiger partial charge on any atom is 0.341 e. The van der Waals surface area contributed by atoms with E-state index < -0.39 is 11.9 Å². The van der Waals surface area contributed by atoms with Gasteiger partial charge < -0.3 is 19.2 Å². The molecule has 0 spiro atoms. The lowest BCUT2D eigenvalue weighted by Gasteiger charge is -2.08. The summed E-state index contributed by atoms with van der Waals surface area (Å²) < 4.78 is 16.5. The van der Waals surface area contributed by atoms with Crippen molar-refractivity contribution in [2.45, 2.75) is 34.3 Å². The van der Waals surface area contributed by atoms with E-state index >= 15 is 0 Å². The maximum absolute atomic E-state index is 12.6. The van der Waals surface area contributed by atoms with Crippen LogP contribution in [0.15, 0.2) is 34.7 Å². The topological polar surface area (TPSA) is 77.8 Å². The number of esters is 1. The number of amides is 1. The molecule has 2 aromatic heterocycles. The second-order valence-corrected chi connectivity index (χ2v) is 8.29. The summed E-state index contributed by atoms with van der Waals surface area (Å²) in [5, 5.41) is 3.84. The molecular formula is C22H22ClNO5S. The molecule has 3 rings (SSSR count). The number of benzene rings is 1. The Morgan fingerprint density at radius 1 is 1.17 bits per heavy atom. The molecule has 158 valence electrons. The first-order valence-electron chi connectivity index (χ1n) is 9.36. The van der Waals surface area contributed by atoms with Gasteiger partial charge in [-0.15, -0.1) is 11.3 Å². The predicted molar refractivity (Wildman–Crippen MR) is 117 cm³/mol. The van der Waals surface area contributed by atoms with Gasteiger partial charge in [0.05, 0.1) is 12.2 Å². The highest BCUT2D eigenvalue weighted by atomic mass is 35.5. The normalized spacial score (nSPS) is 10.7. The average Bonchev–Trinajstić information content (AvgIpc) is 3.26. The highest BCUT2D eigenvalue weighted by molar-refractivity contribution is 7.16. The highest BCUT2D eigenvalue weighted by Gasteiger charge is 2.23. The monoisotopic (exact) mass is 447 g/mol. The third kappa shape index (κ3) is 4.86. The lowest BCUT2D eigenvalue weighted by molar-refractivity contribution is 0.0527. The zero-order valence-electron chi connectivity index (χ0n) is 17.1. The third-order valence-corrected chi connectivity index (χ3v) is 5.84. The van der Waals surface area contributed by atoms with Gasteiger partial charge in [0.1, 0.15) is 23.1 Å². The minimum absolute atomic E-state index is 0.125. The Kier molecular flexibility index (Phi) is 6.84. The fourth-order valence-corrected chi connectivity index (χ4v) is 4.10. The standard InChI is InChI=1S/C22H22ClNO5S/c1-5-27-22(26)19-13(3)14(4)30-21(19)24-20(25)18-9-7-16(29-18)11-28-17-8-6-15(23)10-12(17)2/h6-10H,5,11H2,1-4H3,(H,24,25). The van der Waals surface area contributed by atoms with Crippen molar-refractivity contribution in [3.8, 4) is 5.75 Å². The molecule has 1 amide bonds. The average molecular weight is 448 g/mol. The second kappa shape index (κ2) is 9.36. The van der Waals surface area contributed by atoms with Crippen molar-refractivity contribution < 1.29 is 23.5 Å². The molecule has 0 aliphatic heterocycles. The molecule has 0 unspecified atom stereocenters. The summed E-state index contributed by atoms with van der Waals surface area (Å²) in [5.41, 5.74) is 2.07. The predicted octanol–water partition coefficient (Wildman–Crippen LogP) is 5.93. The van der Waals surface area contributed by atoms with E-state index in [2.05, 4.69) is 5.32 Å². The van der Waals surface area contributed by atoms with E-state index in [0.717, 1.165) is 16.0 Å². The van der Waals surface area contributed by atoms with Gasteiger partial charge in [-0.1, -0.05) is 11.6 Å². The fraction of sp³-hybridized carbons (Fsp3) is 0.273. The molecule has 3 aromatic rings. The molecule has 0 saturated heterocycles. The number of rotatable bonds is 7. The Morgan fingerprint density at radius 3 is 2.63 bits per heavy atom. The first-order chi connectivity index (χ1) is 14.3. The number of ether oxygens (including phenoxy) is 2. The first kappa shape index (κ1) is 21.9. The molecule has 0 aliphatic rings. The molecule has 1 N–H and O–H groups in total. The molecule has 0 atom stereocenters. The van der Waals surface area contributed by atoms with Crippen LogP contribution in [0.4, 0.5) is 5.00 Å². The third-order valence-electron chi connectivity index (χ3n) is 4.48. The van der Waals surface area contributed by atoms with E-state index in [4.69, 9.17) is 25.5 Å². The summed E-state index contributed by atoms with van der Waals surface area (Å²) in [6.45, 7) is 7.78. The number of halogens is 1. The molecule has 0 aliphatic carbocycles. The number of hydrogen-bond donors (Lipinski definition) is 1. The van der Waals surface area contributed by atoms with E-state index in [1.807, 2.05) is 26.8 Å². The minimum Gasteiger partial charge on any atom is -0.485 e. The summed E-state index contributed by atoms with van der Waals surface area (Å²) in [6, 6.07) is 8.59. The summed E-state index contributed by atoms with van der Waals surface area (Å²) in [7, 11) is 0. The molecule has 8 heteroatoms. The summed E-state index contributed by atoms with van der Waals surface area (Å²) >= 11 is 7.28. The van der Waals surface area contributed by atoms with Crippen molar-refractivity contribution in [2.75, 3.05) is 11.9 Å². The second-order valence-electron chi connectivity index (χ2n) is 6.63. The Bertz CT molecular complexity index is 1090. The number of carbonyl (C=O) groups excluding carboxylic acids is 2. The summed E-state index contributed by atoms with van der Waals surface area (Å²) in [4.78, 5) is 25.8. The van der Waals surface area contributed by atoms with Crippen LogP contribution in [0, 0.1) is 20.8 Å². The summed E-state index contributed by atoms with van der Waals surface area (Å²) in [5.74, 6) is 0.404. The van der Waals surface area contributed by atoms with Crippen LogP contribution in [0.2, 0.25) is 5.02 Å². The molecule has 30 heavy (non-hydrogen) atoms. The first-order valence-corrected chi connectivity index (χ1v) is 10.6. The smallest absolute Gasteiger partial charge is 0.341 e. The van der Waals surface area contributed by atoms with Crippen molar-refractivity contribution in [1.29, 1.82) is 0 Å². The summed E-state index contributed by atoms with van der Waals surface area (Å²) in [6.07, 6.45) is 0. The SMILES string of the molecule is CCOC(=O)c1c(NC(=O)c2ccc(COc3ccc(Cl)cc3C)o2)sc(C)c1C. The number of furan rings is 1. The van der Waals surface area contributed by atoms with Gasteiger partial charge in [-0.05, 0) is 69.2 Å². The maximum atomic E-state index is 12.6. The molecule has 0 fully saturated rings. The lowest BCUT2D eigenvalue weighted by Crippen LogP contribution is -2.14.